The van der Waals surface area contributed by atoms with Crippen LogP contribution in [0.4, 0.5) is 0 Å². The van der Waals surface area contributed by atoms with Crippen molar-refractivity contribution in [2.75, 3.05) is 0 Å². The largest absolute Gasteiger partial charge is 0.114 e. The fourth-order valence-corrected chi connectivity index (χ4v) is 1.81. The summed E-state index contributed by atoms with van der Waals surface area (Å²) in [5.74, 6) is 0. The second kappa shape index (κ2) is 5.83. The maximum absolute atomic E-state index is 3.42. The Hall–Kier alpha value is -0.120. The zero-order valence-corrected chi connectivity index (χ0v) is 12.7. The van der Waals surface area contributed by atoms with E-state index < -0.39 is 0 Å². The number of rotatable bonds is 1. The minimum Gasteiger partial charge on any atom is -0.114 e. The Balaban J connectivity index is 0.00000112. The first-order valence-electron chi connectivity index (χ1n) is 4.27. The molecule has 15 heavy (non-hydrogen) atoms. The van der Waals surface area contributed by atoms with Gasteiger partial charge in [0, 0.05) is 8.95 Å². The Morgan fingerprint density at radius 2 is 0.800 bits per heavy atom. The molecule has 0 N–H and O–H groups in total. The van der Waals surface area contributed by atoms with Gasteiger partial charge in [-0.25, -0.2) is 0 Å². The molecule has 0 heterocycles. The van der Waals surface area contributed by atoms with Gasteiger partial charge in [-0.2, -0.15) is 0 Å². The van der Waals surface area contributed by atoms with Gasteiger partial charge in [-0.3, -0.25) is 0 Å². The van der Waals surface area contributed by atoms with Gasteiger partial charge in [0.1, 0.15) is 0 Å². The zero-order chi connectivity index (χ0) is 9.97. The molecule has 2 aromatic rings. The van der Waals surface area contributed by atoms with Crippen LogP contribution < -0.4 is 0 Å². The molecule has 2 rings (SSSR count). The molecule has 0 aliphatic carbocycles. The molecule has 0 saturated carbocycles. The van der Waals surface area contributed by atoms with E-state index in [1.165, 1.54) is 11.1 Å². The summed E-state index contributed by atoms with van der Waals surface area (Å²) < 4.78 is 2.22. The van der Waals surface area contributed by atoms with Gasteiger partial charge in [0.25, 0.3) is 0 Å². The topological polar surface area (TPSA) is 0 Å². The van der Waals surface area contributed by atoms with E-state index in [1.54, 1.807) is 0 Å². The highest BCUT2D eigenvalue weighted by molar-refractivity contribution is 9.10. The van der Waals surface area contributed by atoms with Crippen LogP contribution in [0.3, 0.4) is 0 Å². The SMILES string of the molecule is Br.Brc1ccc(-c2ccc(Br)cc2)cc1. The highest BCUT2D eigenvalue weighted by Crippen LogP contribution is 2.23. The summed E-state index contributed by atoms with van der Waals surface area (Å²) >= 11 is 6.84. The summed E-state index contributed by atoms with van der Waals surface area (Å²) in [6, 6.07) is 16.6. The van der Waals surface area contributed by atoms with E-state index in [0.717, 1.165) is 8.95 Å². The third kappa shape index (κ3) is 3.44. The lowest BCUT2D eigenvalue weighted by atomic mass is 10.1. The van der Waals surface area contributed by atoms with Crippen LogP contribution >= 0.6 is 48.8 Å². The minimum absolute atomic E-state index is 0. The monoisotopic (exact) mass is 390 g/mol. The summed E-state index contributed by atoms with van der Waals surface area (Å²) in [7, 11) is 0. The number of halogens is 3. The summed E-state index contributed by atoms with van der Waals surface area (Å²) in [6.07, 6.45) is 0. The highest BCUT2D eigenvalue weighted by atomic mass is 79.9. The molecule has 3 heteroatoms. The molecule has 0 unspecified atom stereocenters. The van der Waals surface area contributed by atoms with Crippen molar-refractivity contribution in [3.8, 4) is 11.1 Å². The normalized spacial score (nSPS) is 9.47. The van der Waals surface area contributed by atoms with Crippen LogP contribution in [0.25, 0.3) is 11.1 Å². The standard InChI is InChI=1S/C12H8Br2.BrH/c13-11-5-1-9(2-6-11)10-3-7-12(14)8-4-10;/h1-8H;1H. The fraction of sp³-hybridized carbons (Fsp3) is 0. The van der Waals surface area contributed by atoms with E-state index >= 15 is 0 Å². The fourth-order valence-electron chi connectivity index (χ4n) is 1.28. The Morgan fingerprint density at radius 1 is 0.533 bits per heavy atom. The van der Waals surface area contributed by atoms with Crippen LogP contribution in [0.2, 0.25) is 0 Å². The van der Waals surface area contributed by atoms with Crippen molar-refractivity contribution in [3.63, 3.8) is 0 Å². The molecule has 0 spiro atoms. The predicted octanol–water partition coefficient (Wildman–Crippen LogP) is 5.46. The summed E-state index contributed by atoms with van der Waals surface area (Å²) in [5.41, 5.74) is 2.47. The van der Waals surface area contributed by atoms with Crippen LogP contribution in [0, 0.1) is 0 Å². The van der Waals surface area contributed by atoms with E-state index in [-0.39, 0.29) is 17.0 Å². The molecular weight excluding hydrogens is 384 g/mol. The van der Waals surface area contributed by atoms with Crippen molar-refractivity contribution in [2.24, 2.45) is 0 Å². The lowest BCUT2D eigenvalue weighted by Crippen LogP contribution is -1.76. The first-order valence-corrected chi connectivity index (χ1v) is 5.86. The smallest absolute Gasteiger partial charge is 0.0175 e. The van der Waals surface area contributed by atoms with Crippen LogP contribution in [-0.2, 0) is 0 Å². The quantitative estimate of drug-likeness (QED) is 0.604. The van der Waals surface area contributed by atoms with E-state index in [9.17, 15) is 0 Å². The second-order valence-electron chi connectivity index (χ2n) is 3.01. The molecule has 0 saturated heterocycles. The molecule has 0 nitrogen and oxygen atoms in total. The zero-order valence-electron chi connectivity index (χ0n) is 7.78. The van der Waals surface area contributed by atoms with E-state index in [4.69, 9.17) is 0 Å². The lowest BCUT2D eigenvalue weighted by Gasteiger charge is -2.01. The van der Waals surface area contributed by atoms with Gasteiger partial charge in [-0.1, -0.05) is 56.1 Å². The Bertz CT molecular complexity index is 374. The van der Waals surface area contributed by atoms with Gasteiger partial charge in [0.15, 0.2) is 0 Å². The van der Waals surface area contributed by atoms with Gasteiger partial charge in [-0.15, -0.1) is 17.0 Å². The number of hydrogen-bond donors (Lipinski definition) is 0. The minimum atomic E-state index is 0. The summed E-state index contributed by atoms with van der Waals surface area (Å²) in [6.45, 7) is 0. The van der Waals surface area contributed by atoms with Crippen molar-refractivity contribution >= 4 is 48.8 Å². The first kappa shape index (κ1) is 12.9. The first-order chi connectivity index (χ1) is 6.75. The lowest BCUT2D eigenvalue weighted by molar-refractivity contribution is 1.58. The molecule has 0 fully saturated rings. The maximum atomic E-state index is 3.42. The van der Waals surface area contributed by atoms with Gasteiger partial charge < -0.3 is 0 Å². The molecule has 0 amide bonds. The highest BCUT2D eigenvalue weighted by Gasteiger charge is 1.96. The van der Waals surface area contributed by atoms with E-state index in [1.807, 2.05) is 0 Å². The van der Waals surface area contributed by atoms with Crippen molar-refractivity contribution in [2.45, 2.75) is 0 Å². The third-order valence-electron chi connectivity index (χ3n) is 2.02. The summed E-state index contributed by atoms with van der Waals surface area (Å²) in [4.78, 5) is 0. The van der Waals surface area contributed by atoms with Gasteiger partial charge in [0.05, 0.1) is 0 Å². The van der Waals surface area contributed by atoms with Crippen molar-refractivity contribution in [3.05, 3.63) is 57.5 Å². The van der Waals surface area contributed by atoms with Crippen molar-refractivity contribution in [1.29, 1.82) is 0 Å². The summed E-state index contributed by atoms with van der Waals surface area (Å²) in [5, 5.41) is 0. The average Bonchev–Trinajstić information content (AvgIpc) is 2.21. The van der Waals surface area contributed by atoms with Crippen molar-refractivity contribution in [1.82, 2.24) is 0 Å². The molecule has 0 atom stereocenters. The van der Waals surface area contributed by atoms with Crippen LogP contribution in [0.5, 0.6) is 0 Å². The molecule has 0 aliphatic rings. The maximum Gasteiger partial charge on any atom is 0.0175 e. The Morgan fingerprint density at radius 3 is 1.07 bits per heavy atom. The van der Waals surface area contributed by atoms with Gasteiger partial charge in [-0.05, 0) is 35.4 Å². The van der Waals surface area contributed by atoms with Crippen LogP contribution in [0.15, 0.2) is 57.5 Å². The molecule has 0 aromatic heterocycles. The van der Waals surface area contributed by atoms with E-state index in [2.05, 4.69) is 80.4 Å². The molecular formula is C12H9Br3. The predicted molar refractivity (Wildman–Crippen MR) is 77.6 cm³/mol. The van der Waals surface area contributed by atoms with Crippen LogP contribution in [-0.4, -0.2) is 0 Å². The van der Waals surface area contributed by atoms with E-state index in [0.29, 0.717) is 0 Å². The number of hydrogen-bond acceptors (Lipinski definition) is 0. The Kier molecular flexibility index (Phi) is 5.03. The molecule has 0 radical (unpaired) electrons. The number of benzene rings is 2. The van der Waals surface area contributed by atoms with Gasteiger partial charge in [0.2, 0.25) is 0 Å². The molecule has 0 aliphatic heterocycles. The molecule has 2 aromatic carbocycles. The second-order valence-corrected chi connectivity index (χ2v) is 4.85. The van der Waals surface area contributed by atoms with Crippen molar-refractivity contribution < 1.29 is 0 Å². The third-order valence-corrected chi connectivity index (χ3v) is 3.08. The average molecular weight is 393 g/mol. The molecule has 0 bridgehead atoms. The van der Waals surface area contributed by atoms with Gasteiger partial charge >= 0.3 is 0 Å². The Labute approximate surface area is 117 Å². The molecule has 78 valence electrons. The van der Waals surface area contributed by atoms with Crippen LogP contribution in [0.1, 0.15) is 0 Å².